The number of anilines is 1. The first-order valence-electron chi connectivity index (χ1n) is 10.7. The van der Waals surface area contributed by atoms with Crippen LogP contribution in [0, 0.1) is 6.92 Å². The van der Waals surface area contributed by atoms with Crippen LogP contribution in [0.4, 0.5) is 5.82 Å². The Balaban J connectivity index is 1.49. The van der Waals surface area contributed by atoms with Crippen molar-refractivity contribution in [3.8, 4) is 0 Å². The molecule has 5 rings (SSSR count). The van der Waals surface area contributed by atoms with Crippen molar-refractivity contribution in [1.29, 1.82) is 0 Å². The summed E-state index contributed by atoms with van der Waals surface area (Å²) >= 11 is 0. The summed E-state index contributed by atoms with van der Waals surface area (Å²) in [7, 11) is 1.92. The van der Waals surface area contributed by atoms with Crippen molar-refractivity contribution < 1.29 is 4.79 Å². The lowest BCUT2D eigenvalue weighted by Crippen LogP contribution is -2.39. The van der Waals surface area contributed by atoms with Crippen molar-refractivity contribution in [3.63, 3.8) is 0 Å². The standard InChI is InChI=1S/C22H28N6O/c1-16-15-28-20(23-21(16)26-11-5-6-12-26)14-17(24-28)18-8-3-4-13-27(18)22(29)19-9-7-10-25(19)2/h7,9-10,14-15,18H,3-6,8,11-13H2,1-2H3. The molecule has 29 heavy (non-hydrogen) atoms. The Labute approximate surface area is 170 Å². The van der Waals surface area contributed by atoms with Crippen LogP contribution in [0.15, 0.2) is 30.6 Å². The van der Waals surface area contributed by atoms with Crippen molar-refractivity contribution in [2.45, 2.75) is 45.1 Å². The second-order valence-electron chi connectivity index (χ2n) is 8.33. The molecular formula is C22H28N6O. The van der Waals surface area contributed by atoms with Crippen LogP contribution >= 0.6 is 0 Å². The van der Waals surface area contributed by atoms with Gasteiger partial charge in [-0.05, 0) is 51.2 Å². The molecule has 7 heteroatoms. The van der Waals surface area contributed by atoms with Crippen LogP contribution in [-0.2, 0) is 7.05 Å². The molecule has 2 aliphatic rings. The lowest BCUT2D eigenvalue weighted by molar-refractivity contribution is 0.0596. The number of aromatic nitrogens is 4. The van der Waals surface area contributed by atoms with Crippen molar-refractivity contribution in [3.05, 3.63) is 47.5 Å². The lowest BCUT2D eigenvalue weighted by Gasteiger charge is -2.34. The summed E-state index contributed by atoms with van der Waals surface area (Å²) in [4.78, 5) is 22.5. The highest BCUT2D eigenvalue weighted by molar-refractivity contribution is 5.93. The number of likely N-dealkylation sites (tertiary alicyclic amines) is 1. The molecule has 0 N–H and O–H groups in total. The fraction of sp³-hybridized carbons (Fsp3) is 0.500. The lowest BCUT2D eigenvalue weighted by atomic mass is 9.99. The van der Waals surface area contributed by atoms with E-state index in [2.05, 4.69) is 24.1 Å². The normalized spacial score (nSPS) is 20.0. The number of fused-ring (bicyclic) bond motifs is 1. The number of piperidine rings is 1. The minimum atomic E-state index is 0.00314. The van der Waals surface area contributed by atoms with Crippen molar-refractivity contribution >= 4 is 17.4 Å². The molecule has 3 aromatic rings. The maximum absolute atomic E-state index is 13.2. The van der Waals surface area contributed by atoms with Crippen LogP contribution < -0.4 is 4.90 Å². The first-order valence-corrected chi connectivity index (χ1v) is 10.7. The minimum Gasteiger partial charge on any atom is -0.356 e. The predicted octanol–water partition coefficient (Wildman–Crippen LogP) is 3.34. The van der Waals surface area contributed by atoms with Gasteiger partial charge in [0, 0.05) is 50.7 Å². The molecule has 3 aromatic heterocycles. The first kappa shape index (κ1) is 18.2. The summed E-state index contributed by atoms with van der Waals surface area (Å²) in [6.45, 7) is 5.03. The van der Waals surface area contributed by atoms with Crippen LogP contribution in [0.3, 0.4) is 0 Å². The van der Waals surface area contributed by atoms with Crippen LogP contribution in [-0.4, -0.2) is 49.6 Å². The third kappa shape index (κ3) is 3.18. The molecular weight excluding hydrogens is 364 g/mol. The largest absolute Gasteiger partial charge is 0.356 e. The third-order valence-electron chi connectivity index (χ3n) is 6.30. The SMILES string of the molecule is Cc1cn2nc(C3CCCCN3C(=O)c3cccn3C)cc2nc1N1CCCC1. The third-order valence-corrected chi connectivity index (χ3v) is 6.30. The van der Waals surface area contributed by atoms with E-state index in [0.717, 1.165) is 67.3 Å². The number of amides is 1. The van der Waals surface area contributed by atoms with E-state index in [1.165, 1.54) is 12.8 Å². The fourth-order valence-electron chi connectivity index (χ4n) is 4.74. The van der Waals surface area contributed by atoms with Crippen LogP contribution in [0.1, 0.15) is 59.9 Å². The van der Waals surface area contributed by atoms with E-state index in [-0.39, 0.29) is 11.9 Å². The molecule has 2 aliphatic heterocycles. The summed E-state index contributed by atoms with van der Waals surface area (Å²) in [6.07, 6.45) is 9.55. The number of hydrogen-bond donors (Lipinski definition) is 0. The summed E-state index contributed by atoms with van der Waals surface area (Å²) < 4.78 is 3.77. The van der Waals surface area contributed by atoms with Crippen molar-refractivity contribution in [2.75, 3.05) is 24.5 Å². The second kappa shape index (κ2) is 7.21. The van der Waals surface area contributed by atoms with E-state index < -0.39 is 0 Å². The van der Waals surface area contributed by atoms with Crippen molar-refractivity contribution in [2.24, 2.45) is 7.05 Å². The highest BCUT2D eigenvalue weighted by Gasteiger charge is 2.31. The Hall–Kier alpha value is -2.83. The van der Waals surface area contributed by atoms with E-state index in [1.807, 2.05) is 39.4 Å². The van der Waals surface area contributed by atoms with Gasteiger partial charge in [0.15, 0.2) is 5.65 Å². The Morgan fingerprint density at radius 2 is 1.93 bits per heavy atom. The van der Waals surface area contributed by atoms with E-state index in [9.17, 15) is 4.79 Å². The molecule has 0 spiro atoms. The summed E-state index contributed by atoms with van der Waals surface area (Å²) in [6, 6.07) is 5.89. The summed E-state index contributed by atoms with van der Waals surface area (Å²) in [5, 5.41) is 4.84. The molecule has 7 nitrogen and oxygen atoms in total. The second-order valence-corrected chi connectivity index (χ2v) is 8.33. The zero-order valence-corrected chi connectivity index (χ0v) is 17.2. The van der Waals surface area contributed by atoms with Gasteiger partial charge < -0.3 is 14.4 Å². The molecule has 1 atom stereocenters. The number of aryl methyl sites for hydroxylation is 2. The van der Waals surface area contributed by atoms with Gasteiger partial charge in [0.2, 0.25) is 0 Å². The topological polar surface area (TPSA) is 58.7 Å². The average molecular weight is 393 g/mol. The number of carbonyl (C=O) groups is 1. The quantitative estimate of drug-likeness (QED) is 0.686. The van der Waals surface area contributed by atoms with Gasteiger partial charge in [-0.2, -0.15) is 5.10 Å². The molecule has 1 unspecified atom stereocenters. The predicted molar refractivity (Wildman–Crippen MR) is 112 cm³/mol. The number of carbonyl (C=O) groups excluding carboxylic acids is 1. The van der Waals surface area contributed by atoms with E-state index in [0.29, 0.717) is 0 Å². The van der Waals surface area contributed by atoms with Gasteiger partial charge in [-0.1, -0.05) is 0 Å². The van der Waals surface area contributed by atoms with E-state index in [1.54, 1.807) is 0 Å². The highest BCUT2D eigenvalue weighted by atomic mass is 16.2. The average Bonchev–Trinajstić information content (AvgIpc) is 3.47. The smallest absolute Gasteiger partial charge is 0.271 e. The first-order chi connectivity index (χ1) is 14.1. The Morgan fingerprint density at radius 3 is 2.69 bits per heavy atom. The summed E-state index contributed by atoms with van der Waals surface area (Å²) in [5.74, 6) is 1.16. The molecule has 5 heterocycles. The van der Waals surface area contributed by atoms with Gasteiger partial charge in [0.25, 0.3) is 5.91 Å². The minimum absolute atomic E-state index is 0.00314. The van der Waals surface area contributed by atoms with Crippen LogP contribution in [0.2, 0.25) is 0 Å². The zero-order valence-electron chi connectivity index (χ0n) is 17.2. The molecule has 0 bridgehead atoms. The van der Waals surface area contributed by atoms with Gasteiger partial charge in [-0.15, -0.1) is 0 Å². The van der Waals surface area contributed by atoms with Gasteiger partial charge in [-0.3, -0.25) is 4.79 Å². The summed E-state index contributed by atoms with van der Waals surface area (Å²) in [5.41, 5.74) is 3.68. The number of rotatable bonds is 3. The van der Waals surface area contributed by atoms with Gasteiger partial charge in [-0.25, -0.2) is 9.50 Å². The molecule has 2 saturated heterocycles. The molecule has 0 saturated carbocycles. The molecule has 152 valence electrons. The Kier molecular flexibility index (Phi) is 4.53. The Morgan fingerprint density at radius 1 is 1.14 bits per heavy atom. The molecule has 0 aromatic carbocycles. The highest BCUT2D eigenvalue weighted by Crippen LogP contribution is 2.32. The molecule has 0 aliphatic carbocycles. The van der Waals surface area contributed by atoms with Crippen LogP contribution in [0.5, 0.6) is 0 Å². The van der Waals surface area contributed by atoms with E-state index in [4.69, 9.17) is 10.1 Å². The Bertz CT molecular complexity index is 1040. The van der Waals surface area contributed by atoms with E-state index >= 15 is 0 Å². The number of hydrogen-bond acceptors (Lipinski definition) is 4. The zero-order chi connectivity index (χ0) is 20.0. The van der Waals surface area contributed by atoms with Gasteiger partial charge in [0.1, 0.15) is 11.5 Å². The molecule has 0 radical (unpaired) electrons. The molecule has 2 fully saturated rings. The van der Waals surface area contributed by atoms with Crippen LogP contribution in [0.25, 0.3) is 5.65 Å². The maximum atomic E-state index is 13.2. The van der Waals surface area contributed by atoms with Gasteiger partial charge >= 0.3 is 0 Å². The monoisotopic (exact) mass is 392 g/mol. The number of nitrogens with zero attached hydrogens (tertiary/aromatic N) is 6. The maximum Gasteiger partial charge on any atom is 0.271 e. The molecule has 1 amide bonds. The fourth-order valence-corrected chi connectivity index (χ4v) is 4.74. The van der Waals surface area contributed by atoms with Gasteiger partial charge in [0.05, 0.1) is 11.7 Å². The van der Waals surface area contributed by atoms with Crippen molar-refractivity contribution in [1.82, 2.24) is 24.1 Å².